The van der Waals surface area contributed by atoms with Crippen LogP contribution in [0, 0.1) is 5.92 Å². The average molecular weight is 224 g/mol. The number of nitrogens with one attached hydrogen (secondary N) is 2. The zero-order chi connectivity index (χ0) is 11.4. The van der Waals surface area contributed by atoms with Crippen molar-refractivity contribution < 1.29 is 4.79 Å². The predicted molar refractivity (Wildman–Crippen MR) is 65.2 cm³/mol. The van der Waals surface area contributed by atoms with Crippen LogP contribution in [0.5, 0.6) is 0 Å². The lowest BCUT2D eigenvalue weighted by Gasteiger charge is -2.46. The van der Waals surface area contributed by atoms with Gasteiger partial charge in [-0.2, -0.15) is 0 Å². The van der Waals surface area contributed by atoms with E-state index >= 15 is 0 Å². The molecule has 1 heterocycles. The third kappa shape index (κ3) is 2.57. The number of carbonyl (C=O) groups excluding carboxylic acids is 1. The number of rotatable bonds is 2. The normalized spacial score (nSPS) is 26.3. The topological polar surface area (TPSA) is 41.1 Å². The molecule has 1 amide bonds. The summed E-state index contributed by atoms with van der Waals surface area (Å²) in [6, 6.07) is 0. The molecule has 2 rings (SSSR count). The zero-order valence-electron chi connectivity index (χ0n) is 10.3. The maximum absolute atomic E-state index is 11.4. The number of piperidine rings is 1. The van der Waals surface area contributed by atoms with Gasteiger partial charge in [0.1, 0.15) is 0 Å². The van der Waals surface area contributed by atoms with Gasteiger partial charge >= 0.3 is 0 Å². The zero-order valence-corrected chi connectivity index (χ0v) is 10.3. The smallest absolute Gasteiger partial charge is 0.217 e. The summed E-state index contributed by atoms with van der Waals surface area (Å²) < 4.78 is 0. The summed E-state index contributed by atoms with van der Waals surface area (Å²) in [7, 11) is 0. The van der Waals surface area contributed by atoms with E-state index in [0.717, 1.165) is 25.9 Å². The van der Waals surface area contributed by atoms with Crippen LogP contribution >= 0.6 is 0 Å². The van der Waals surface area contributed by atoms with Crippen molar-refractivity contribution in [3.8, 4) is 0 Å². The van der Waals surface area contributed by atoms with Gasteiger partial charge in [0.15, 0.2) is 0 Å². The molecular weight excluding hydrogens is 200 g/mol. The SMILES string of the molecule is CC(=O)NC1(C2CCCCC2)CCNCC1. The van der Waals surface area contributed by atoms with Gasteiger partial charge in [-0.25, -0.2) is 0 Å². The molecule has 0 radical (unpaired) electrons. The van der Waals surface area contributed by atoms with Crippen molar-refractivity contribution in [1.29, 1.82) is 0 Å². The summed E-state index contributed by atoms with van der Waals surface area (Å²) in [5, 5.41) is 6.69. The minimum Gasteiger partial charge on any atom is -0.351 e. The molecule has 1 aliphatic heterocycles. The third-order valence-electron chi connectivity index (χ3n) is 4.31. The summed E-state index contributed by atoms with van der Waals surface area (Å²) in [6.07, 6.45) is 8.90. The predicted octanol–water partition coefficient (Wildman–Crippen LogP) is 1.82. The number of hydrogen-bond acceptors (Lipinski definition) is 2. The van der Waals surface area contributed by atoms with Gasteiger partial charge in [0.25, 0.3) is 0 Å². The van der Waals surface area contributed by atoms with E-state index in [0.29, 0.717) is 5.92 Å². The van der Waals surface area contributed by atoms with E-state index in [-0.39, 0.29) is 11.4 Å². The van der Waals surface area contributed by atoms with Crippen LogP contribution < -0.4 is 10.6 Å². The van der Waals surface area contributed by atoms with Crippen molar-refractivity contribution in [2.75, 3.05) is 13.1 Å². The highest BCUT2D eigenvalue weighted by Crippen LogP contribution is 2.37. The van der Waals surface area contributed by atoms with Crippen LogP contribution in [-0.2, 0) is 4.79 Å². The Hall–Kier alpha value is -0.570. The fourth-order valence-corrected chi connectivity index (χ4v) is 3.51. The van der Waals surface area contributed by atoms with E-state index in [9.17, 15) is 4.79 Å². The molecular formula is C13H24N2O. The van der Waals surface area contributed by atoms with E-state index in [1.165, 1.54) is 32.1 Å². The lowest BCUT2D eigenvalue weighted by Crippen LogP contribution is -2.58. The molecule has 0 atom stereocenters. The number of carbonyl (C=O) groups is 1. The Morgan fingerprint density at radius 2 is 1.81 bits per heavy atom. The Labute approximate surface area is 98.4 Å². The van der Waals surface area contributed by atoms with E-state index < -0.39 is 0 Å². The molecule has 1 saturated carbocycles. The summed E-state index contributed by atoms with van der Waals surface area (Å²) >= 11 is 0. The summed E-state index contributed by atoms with van der Waals surface area (Å²) in [4.78, 5) is 11.4. The first-order valence-electron chi connectivity index (χ1n) is 6.72. The average Bonchev–Trinajstić information content (AvgIpc) is 2.30. The molecule has 3 heteroatoms. The first-order valence-corrected chi connectivity index (χ1v) is 6.72. The van der Waals surface area contributed by atoms with Crippen LogP contribution in [0.3, 0.4) is 0 Å². The third-order valence-corrected chi connectivity index (χ3v) is 4.31. The lowest BCUT2D eigenvalue weighted by atomic mass is 9.70. The van der Waals surface area contributed by atoms with Crippen LogP contribution in [0.15, 0.2) is 0 Å². The van der Waals surface area contributed by atoms with Gasteiger partial charge in [-0.3, -0.25) is 4.79 Å². The molecule has 0 aromatic heterocycles. The fourth-order valence-electron chi connectivity index (χ4n) is 3.51. The molecule has 2 N–H and O–H groups in total. The van der Waals surface area contributed by atoms with Crippen LogP contribution in [0.25, 0.3) is 0 Å². The summed E-state index contributed by atoms with van der Waals surface area (Å²) in [5.74, 6) is 0.861. The van der Waals surface area contributed by atoms with Crippen LogP contribution in [-0.4, -0.2) is 24.5 Å². The minimum absolute atomic E-state index is 0.109. The molecule has 2 fully saturated rings. The Balaban J connectivity index is 2.07. The maximum Gasteiger partial charge on any atom is 0.217 e. The van der Waals surface area contributed by atoms with Crippen LogP contribution in [0.4, 0.5) is 0 Å². The van der Waals surface area contributed by atoms with Gasteiger partial charge in [-0.1, -0.05) is 19.3 Å². The van der Waals surface area contributed by atoms with E-state index in [1.807, 2.05) is 0 Å². The Morgan fingerprint density at radius 1 is 1.19 bits per heavy atom. The highest BCUT2D eigenvalue weighted by Gasteiger charge is 2.40. The molecule has 1 aliphatic carbocycles. The molecule has 0 bridgehead atoms. The quantitative estimate of drug-likeness (QED) is 0.751. The van der Waals surface area contributed by atoms with Crippen molar-refractivity contribution in [3.63, 3.8) is 0 Å². The largest absolute Gasteiger partial charge is 0.351 e. The van der Waals surface area contributed by atoms with E-state index in [1.54, 1.807) is 6.92 Å². The van der Waals surface area contributed by atoms with Crippen molar-refractivity contribution in [2.45, 2.75) is 57.4 Å². The highest BCUT2D eigenvalue weighted by atomic mass is 16.1. The lowest BCUT2D eigenvalue weighted by molar-refractivity contribution is -0.122. The monoisotopic (exact) mass is 224 g/mol. The standard InChI is InChI=1S/C13H24N2O/c1-11(16)15-13(7-9-14-10-8-13)12-5-3-2-4-6-12/h12,14H,2-10H2,1H3,(H,15,16). The fraction of sp³-hybridized carbons (Fsp3) is 0.923. The second kappa shape index (κ2) is 5.17. The van der Waals surface area contributed by atoms with Crippen LogP contribution in [0.1, 0.15) is 51.9 Å². The molecule has 92 valence electrons. The molecule has 3 nitrogen and oxygen atoms in total. The van der Waals surface area contributed by atoms with Crippen molar-refractivity contribution in [1.82, 2.24) is 10.6 Å². The molecule has 1 saturated heterocycles. The molecule has 2 aliphatic rings. The van der Waals surface area contributed by atoms with Crippen molar-refractivity contribution >= 4 is 5.91 Å². The number of amides is 1. The Bertz CT molecular complexity index is 240. The van der Waals surface area contributed by atoms with Gasteiger partial charge in [0.05, 0.1) is 0 Å². The Kier molecular flexibility index (Phi) is 3.85. The molecule has 0 unspecified atom stereocenters. The van der Waals surface area contributed by atoms with Gasteiger partial charge in [-0.05, 0) is 44.7 Å². The second-order valence-corrected chi connectivity index (χ2v) is 5.42. The first kappa shape index (κ1) is 11.9. The van der Waals surface area contributed by atoms with E-state index in [2.05, 4.69) is 10.6 Å². The summed E-state index contributed by atoms with van der Waals surface area (Å²) in [5.41, 5.74) is 0.109. The molecule has 16 heavy (non-hydrogen) atoms. The van der Waals surface area contributed by atoms with E-state index in [4.69, 9.17) is 0 Å². The minimum atomic E-state index is 0.109. The maximum atomic E-state index is 11.4. The van der Waals surface area contributed by atoms with Gasteiger partial charge < -0.3 is 10.6 Å². The first-order chi connectivity index (χ1) is 7.73. The van der Waals surface area contributed by atoms with Crippen molar-refractivity contribution in [2.24, 2.45) is 5.92 Å². The van der Waals surface area contributed by atoms with Gasteiger partial charge in [-0.15, -0.1) is 0 Å². The van der Waals surface area contributed by atoms with Crippen LogP contribution in [0.2, 0.25) is 0 Å². The molecule has 0 spiro atoms. The molecule has 0 aromatic rings. The Morgan fingerprint density at radius 3 is 2.38 bits per heavy atom. The summed E-state index contributed by atoms with van der Waals surface area (Å²) in [6.45, 7) is 3.76. The van der Waals surface area contributed by atoms with Crippen molar-refractivity contribution in [3.05, 3.63) is 0 Å². The highest BCUT2D eigenvalue weighted by molar-refractivity contribution is 5.73. The van der Waals surface area contributed by atoms with Gasteiger partial charge in [0.2, 0.25) is 5.91 Å². The van der Waals surface area contributed by atoms with Gasteiger partial charge in [0, 0.05) is 12.5 Å². The second-order valence-electron chi connectivity index (χ2n) is 5.42. The number of hydrogen-bond donors (Lipinski definition) is 2. The molecule has 0 aromatic carbocycles.